The Morgan fingerprint density at radius 3 is 2.39 bits per heavy atom. The van der Waals surface area contributed by atoms with Gasteiger partial charge >= 0.3 is 0 Å². The molecule has 0 aromatic carbocycles. The number of hydrogen-bond donors (Lipinski definition) is 2. The SMILES string of the molecule is Cc1nonc1C(=O)N[C@H](c1cn2ncc([C@H](NC(=O)C(C)(C)CC(F)F)C3CC3)cc2n1)C1CCC(F)(F)CC1. The third kappa shape index (κ3) is 6.51. The van der Waals surface area contributed by atoms with Crippen LogP contribution in [0.2, 0.25) is 0 Å². The second kappa shape index (κ2) is 11.0. The predicted molar refractivity (Wildman–Crippen MR) is 137 cm³/mol. The fourth-order valence-electron chi connectivity index (χ4n) is 5.42. The topological polar surface area (TPSA) is 127 Å². The van der Waals surface area contributed by atoms with Crippen molar-refractivity contribution >= 4 is 17.5 Å². The van der Waals surface area contributed by atoms with Gasteiger partial charge in [0.15, 0.2) is 11.3 Å². The monoisotopic (exact) mass is 579 g/mol. The normalized spacial score (nSPS) is 19.3. The van der Waals surface area contributed by atoms with Gasteiger partial charge in [-0.2, -0.15) is 5.10 Å². The quantitative estimate of drug-likeness (QED) is 0.325. The summed E-state index contributed by atoms with van der Waals surface area (Å²) in [7, 11) is 0. The van der Waals surface area contributed by atoms with Gasteiger partial charge in [0.25, 0.3) is 5.91 Å². The van der Waals surface area contributed by atoms with E-state index in [4.69, 9.17) is 4.98 Å². The minimum Gasteiger partial charge on any atom is -0.348 e. The molecule has 2 aliphatic carbocycles. The zero-order valence-corrected chi connectivity index (χ0v) is 23.0. The second-order valence-corrected chi connectivity index (χ2v) is 11.9. The lowest BCUT2D eigenvalue weighted by Crippen LogP contribution is -2.40. The lowest BCUT2D eigenvalue weighted by molar-refractivity contribution is -0.132. The van der Waals surface area contributed by atoms with Crippen LogP contribution in [-0.2, 0) is 4.79 Å². The summed E-state index contributed by atoms with van der Waals surface area (Å²) in [5.41, 5.74) is 0.599. The summed E-state index contributed by atoms with van der Waals surface area (Å²) in [5, 5.41) is 17.6. The minimum absolute atomic E-state index is 0.00176. The highest BCUT2D eigenvalue weighted by atomic mass is 19.3. The first-order valence-electron chi connectivity index (χ1n) is 13.8. The number of imidazole rings is 1. The Labute approximate surface area is 233 Å². The van der Waals surface area contributed by atoms with Gasteiger partial charge in [-0.05, 0) is 61.2 Å². The Morgan fingerprint density at radius 1 is 1.10 bits per heavy atom. The number of fused-ring (bicyclic) bond motifs is 1. The van der Waals surface area contributed by atoms with Crippen molar-refractivity contribution in [2.45, 2.75) is 90.1 Å². The van der Waals surface area contributed by atoms with Crippen LogP contribution in [0.4, 0.5) is 17.6 Å². The molecule has 2 N–H and O–H groups in total. The number of nitrogens with one attached hydrogen (secondary N) is 2. The smallest absolute Gasteiger partial charge is 0.276 e. The molecule has 0 radical (unpaired) electrons. The van der Waals surface area contributed by atoms with Gasteiger partial charge in [-0.15, -0.1) is 0 Å². The van der Waals surface area contributed by atoms with E-state index in [0.717, 1.165) is 12.8 Å². The molecule has 222 valence electrons. The molecule has 3 aromatic rings. The van der Waals surface area contributed by atoms with E-state index in [1.54, 1.807) is 25.4 Å². The summed E-state index contributed by atoms with van der Waals surface area (Å²) in [4.78, 5) is 30.6. The van der Waals surface area contributed by atoms with Crippen LogP contribution in [-0.4, -0.2) is 49.1 Å². The van der Waals surface area contributed by atoms with E-state index in [1.165, 1.54) is 18.4 Å². The summed E-state index contributed by atoms with van der Waals surface area (Å²) in [5.74, 6) is -3.93. The van der Waals surface area contributed by atoms with Crippen LogP contribution < -0.4 is 10.6 Å². The lowest BCUT2D eigenvalue weighted by atomic mass is 9.81. The molecule has 2 saturated carbocycles. The largest absolute Gasteiger partial charge is 0.348 e. The first-order chi connectivity index (χ1) is 19.3. The maximum absolute atomic E-state index is 14.0. The molecule has 14 heteroatoms. The maximum atomic E-state index is 14.0. The van der Waals surface area contributed by atoms with E-state index in [2.05, 4.69) is 30.7 Å². The molecule has 0 unspecified atom stereocenters. The van der Waals surface area contributed by atoms with Crippen molar-refractivity contribution in [1.82, 2.24) is 35.5 Å². The highest BCUT2D eigenvalue weighted by molar-refractivity contribution is 5.93. The van der Waals surface area contributed by atoms with Crippen LogP contribution >= 0.6 is 0 Å². The Kier molecular flexibility index (Phi) is 7.77. The maximum Gasteiger partial charge on any atom is 0.276 e. The standard InChI is InChI=1S/C27H33F4N7O3/c1-14-21(37-41-36-14)24(39)34-23(16-6-8-27(30,31)9-7-16)18-13-38-20(33-18)10-17(12-32-38)22(15-4-5-15)35-25(40)26(2,3)11-19(28)29/h10,12-13,15-16,19,22-23H,4-9,11H2,1-3H3,(H,34,39)(H,35,40)/t22-,23+/m1/s1. The summed E-state index contributed by atoms with van der Waals surface area (Å²) in [6, 6.07) is 0.643. The van der Waals surface area contributed by atoms with Gasteiger partial charge in [-0.25, -0.2) is 31.7 Å². The zero-order chi connectivity index (χ0) is 29.5. The first kappa shape index (κ1) is 28.9. The molecule has 5 rings (SSSR count). The van der Waals surface area contributed by atoms with E-state index in [9.17, 15) is 27.2 Å². The van der Waals surface area contributed by atoms with Gasteiger partial charge in [-0.3, -0.25) is 9.59 Å². The van der Waals surface area contributed by atoms with Crippen LogP contribution in [0, 0.1) is 24.2 Å². The number of amides is 2. The summed E-state index contributed by atoms with van der Waals surface area (Å²) < 4.78 is 60.1. The van der Waals surface area contributed by atoms with Crippen molar-refractivity contribution in [3.05, 3.63) is 41.1 Å². The van der Waals surface area contributed by atoms with Gasteiger partial charge < -0.3 is 10.6 Å². The van der Waals surface area contributed by atoms with Gasteiger partial charge in [0, 0.05) is 24.7 Å². The molecular weight excluding hydrogens is 546 g/mol. The molecule has 10 nitrogen and oxygen atoms in total. The third-order valence-electron chi connectivity index (χ3n) is 8.08. The molecule has 2 fully saturated rings. The van der Waals surface area contributed by atoms with Crippen molar-refractivity contribution in [3.8, 4) is 0 Å². The van der Waals surface area contributed by atoms with E-state index in [0.29, 0.717) is 22.6 Å². The number of halogens is 4. The number of alkyl halides is 4. The van der Waals surface area contributed by atoms with Crippen molar-refractivity contribution in [2.24, 2.45) is 17.3 Å². The highest BCUT2D eigenvalue weighted by Crippen LogP contribution is 2.43. The van der Waals surface area contributed by atoms with Crippen molar-refractivity contribution in [1.29, 1.82) is 0 Å². The van der Waals surface area contributed by atoms with Crippen LogP contribution in [0.1, 0.15) is 98.3 Å². The second-order valence-electron chi connectivity index (χ2n) is 11.9. The molecule has 3 heterocycles. The number of aryl methyl sites for hydroxylation is 1. The Balaban J connectivity index is 1.42. The highest BCUT2D eigenvalue weighted by Gasteiger charge is 2.41. The van der Waals surface area contributed by atoms with Crippen LogP contribution in [0.5, 0.6) is 0 Å². The average molecular weight is 580 g/mol. The van der Waals surface area contributed by atoms with Gasteiger partial charge in [-0.1, -0.05) is 19.0 Å². The summed E-state index contributed by atoms with van der Waals surface area (Å²) in [6.07, 6.45) is 1.61. The number of nitrogens with zero attached hydrogens (tertiary/aromatic N) is 5. The molecule has 3 aromatic heterocycles. The van der Waals surface area contributed by atoms with E-state index in [-0.39, 0.29) is 43.2 Å². The van der Waals surface area contributed by atoms with E-state index < -0.39 is 48.1 Å². The van der Waals surface area contributed by atoms with Crippen LogP contribution in [0.15, 0.2) is 23.1 Å². The predicted octanol–water partition coefficient (Wildman–Crippen LogP) is 4.97. The Morgan fingerprint density at radius 2 is 1.78 bits per heavy atom. The number of carbonyl (C=O) groups is 2. The number of rotatable bonds is 10. The third-order valence-corrected chi connectivity index (χ3v) is 8.08. The molecule has 2 amide bonds. The van der Waals surface area contributed by atoms with Gasteiger partial charge in [0.1, 0.15) is 5.69 Å². The van der Waals surface area contributed by atoms with Gasteiger partial charge in [0.05, 0.1) is 30.2 Å². The fraction of sp³-hybridized carbons (Fsp3) is 0.630. The molecule has 0 spiro atoms. The summed E-state index contributed by atoms with van der Waals surface area (Å²) >= 11 is 0. The molecule has 2 atom stereocenters. The number of hydrogen-bond acceptors (Lipinski definition) is 7. The number of aromatic nitrogens is 5. The lowest BCUT2D eigenvalue weighted by Gasteiger charge is -2.33. The van der Waals surface area contributed by atoms with Crippen molar-refractivity contribution < 1.29 is 31.8 Å². The summed E-state index contributed by atoms with van der Waals surface area (Å²) in [6.45, 7) is 4.56. The first-order valence-corrected chi connectivity index (χ1v) is 13.8. The molecular formula is C27H33F4N7O3. The van der Waals surface area contributed by atoms with Crippen LogP contribution in [0.25, 0.3) is 5.65 Å². The van der Waals surface area contributed by atoms with E-state index in [1.807, 2.05) is 0 Å². The molecule has 0 aliphatic heterocycles. The van der Waals surface area contributed by atoms with Crippen molar-refractivity contribution in [3.63, 3.8) is 0 Å². The minimum atomic E-state index is -2.75. The molecule has 0 bridgehead atoms. The molecule has 2 aliphatic rings. The molecule has 0 saturated heterocycles. The number of carbonyl (C=O) groups excluding carboxylic acids is 2. The average Bonchev–Trinajstić information content (AvgIpc) is 3.50. The van der Waals surface area contributed by atoms with Gasteiger partial charge in [0.2, 0.25) is 18.3 Å². The fourth-order valence-corrected chi connectivity index (χ4v) is 5.42. The molecule has 41 heavy (non-hydrogen) atoms. The Hall–Kier alpha value is -3.58. The van der Waals surface area contributed by atoms with Crippen molar-refractivity contribution in [2.75, 3.05) is 0 Å². The van der Waals surface area contributed by atoms with E-state index >= 15 is 0 Å². The zero-order valence-electron chi connectivity index (χ0n) is 23.0. The van der Waals surface area contributed by atoms with Crippen LogP contribution in [0.3, 0.4) is 0 Å². The Bertz CT molecular complexity index is 1410.